The summed E-state index contributed by atoms with van der Waals surface area (Å²) in [7, 11) is 0. The van der Waals surface area contributed by atoms with Gasteiger partial charge in [-0.25, -0.2) is 0 Å². The third-order valence-corrected chi connectivity index (χ3v) is 11.0. The van der Waals surface area contributed by atoms with Crippen molar-refractivity contribution < 1.29 is 4.42 Å². The normalized spacial score (nSPS) is 12.2. The van der Waals surface area contributed by atoms with E-state index in [1.807, 2.05) is 6.07 Å². The predicted molar refractivity (Wildman–Crippen MR) is 217 cm³/mol. The second kappa shape index (κ2) is 10.3. The van der Waals surface area contributed by atoms with Gasteiger partial charge in [-0.2, -0.15) is 0 Å². The van der Waals surface area contributed by atoms with Crippen LogP contribution in [0.2, 0.25) is 0 Å². The minimum absolute atomic E-state index is 0.903. The number of hydrogen-bond donors (Lipinski definition) is 0. The lowest BCUT2D eigenvalue weighted by Gasteiger charge is -2.11. The van der Waals surface area contributed by atoms with Gasteiger partial charge < -0.3 is 18.1 Å². The lowest BCUT2D eigenvalue weighted by atomic mass is 10.1. The molecular formula is C48H29N3O. The fraction of sp³-hybridized carbons (Fsp3) is 0. The zero-order valence-corrected chi connectivity index (χ0v) is 28.0. The quantitative estimate of drug-likeness (QED) is 0.185. The molecule has 0 fully saturated rings. The maximum Gasteiger partial charge on any atom is 0.160 e. The van der Waals surface area contributed by atoms with E-state index < -0.39 is 0 Å². The van der Waals surface area contributed by atoms with Crippen molar-refractivity contribution in [1.82, 2.24) is 13.7 Å². The largest absolute Gasteiger partial charge is 0.454 e. The number of hydrogen-bond acceptors (Lipinski definition) is 1. The van der Waals surface area contributed by atoms with E-state index in [2.05, 4.69) is 184 Å². The Balaban J connectivity index is 1.17. The molecule has 52 heavy (non-hydrogen) atoms. The van der Waals surface area contributed by atoms with E-state index in [9.17, 15) is 0 Å². The van der Waals surface area contributed by atoms with E-state index in [0.717, 1.165) is 55.6 Å². The van der Waals surface area contributed by atoms with Gasteiger partial charge in [0.05, 0.1) is 33.1 Å². The molecule has 0 radical (unpaired) electrons. The van der Waals surface area contributed by atoms with Crippen LogP contribution < -0.4 is 0 Å². The molecule has 242 valence electrons. The maximum atomic E-state index is 6.67. The lowest BCUT2D eigenvalue weighted by molar-refractivity contribution is 0.671. The van der Waals surface area contributed by atoms with E-state index in [-0.39, 0.29) is 0 Å². The van der Waals surface area contributed by atoms with Crippen molar-refractivity contribution in [3.63, 3.8) is 0 Å². The molecular weight excluding hydrogens is 635 g/mol. The summed E-state index contributed by atoms with van der Waals surface area (Å²) in [5.41, 5.74) is 12.2. The summed E-state index contributed by atoms with van der Waals surface area (Å²) >= 11 is 0. The van der Waals surface area contributed by atoms with Crippen molar-refractivity contribution in [2.45, 2.75) is 0 Å². The van der Waals surface area contributed by atoms with Crippen LogP contribution in [0.5, 0.6) is 0 Å². The Morgan fingerprint density at radius 2 is 0.788 bits per heavy atom. The van der Waals surface area contributed by atoms with E-state index in [4.69, 9.17) is 4.42 Å². The number of para-hydroxylation sites is 5. The Labute approximate surface area is 297 Å². The van der Waals surface area contributed by atoms with Gasteiger partial charge in [0.15, 0.2) is 5.58 Å². The molecule has 0 aliphatic carbocycles. The summed E-state index contributed by atoms with van der Waals surface area (Å²) in [6.07, 6.45) is 0. The van der Waals surface area contributed by atoms with Crippen LogP contribution in [0.1, 0.15) is 0 Å². The van der Waals surface area contributed by atoms with Crippen molar-refractivity contribution in [2.75, 3.05) is 0 Å². The number of furan rings is 1. The van der Waals surface area contributed by atoms with Crippen molar-refractivity contribution in [2.24, 2.45) is 0 Å². The van der Waals surface area contributed by atoms with Gasteiger partial charge >= 0.3 is 0 Å². The van der Waals surface area contributed by atoms with Gasteiger partial charge in [-0.3, -0.25) is 0 Å². The topological polar surface area (TPSA) is 27.9 Å². The maximum absolute atomic E-state index is 6.67. The third-order valence-electron chi connectivity index (χ3n) is 11.0. The third kappa shape index (κ3) is 3.65. The van der Waals surface area contributed by atoms with Crippen LogP contribution in [-0.4, -0.2) is 13.7 Å². The molecule has 4 heterocycles. The molecule has 8 aromatic carbocycles. The van der Waals surface area contributed by atoms with Crippen molar-refractivity contribution in [1.29, 1.82) is 0 Å². The van der Waals surface area contributed by atoms with Gasteiger partial charge in [0.25, 0.3) is 0 Å². The molecule has 4 heteroatoms. The first-order valence-corrected chi connectivity index (χ1v) is 17.8. The first kappa shape index (κ1) is 27.7. The average molecular weight is 664 g/mol. The van der Waals surface area contributed by atoms with Crippen LogP contribution in [0.15, 0.2) is 180 Å². The van der Waals surface area contributed by atoms with E-state index in [1.165, 1.54) is 48.9 Å². The Hall–Kier alpha value is -7.04. The predicted octanol–water partition coefficient (Wildman–Crippen LogP) is 12.9. The molecule has 0 aliphatic heterocycles. The summed E-state index contributed by atoms with van der Waals surface area (Å²) in [5.74, 6) is 0. The molecule has 0 unspecified atom stereocenters. The first-order chi connectivity index (χ1) is 25.8. The smallest absolute Gasteiger partial charge is 0.160 e. The number of fused-ring (bicyclic) bond motifs is 13. The van der Waals surface area contributed by atoms with Crippen LogP contribution in [0.4, 0.5) is 0 Å². The van der Waals surface area contributed by atoms with Gasteiger partial charge in [-0.05, 0) is 72.8 Å². The van der Waals surface area contributed by atoms with Crippen LogP contribution in [-0.2, 0) is 0 Å². The molecule has 12 rings (SSSR count). The van der Waals surface area contributed by atoms with Crippen molar-refractivity contribution in [3.8, 4) is 17.1 Å². The average Bonchev–Trinajstić information content (AvgIpc) is 3.94. The zero-order chi connectivity index (χ0) is 33.9. The zero-order valence-electron chi connectivity index (χ0n) is 28.0. The van der Waals surface area contributed by atoms with Gasteiger partial charge in [-0.1, -0.05) is 103 Å². The molecule has 4 aromatic heterocycles. The van der Waals surface area contributed by atoms with Crippen molar-refractivity contribution >= 4 is 87.4 Å². The highest BCUT2D eigenvalue weighted by molar-refractivity contribution is 6.22. The molecule has 12 aromatic rings. The molecule has 0 saturated carbocycles. The van der Waals surface area contributed by atoms with Crippen LogP contribution >= 0.6 is 0 Å². The van der Waals surface area contributed by atoms with Crippen LogP contribution in [0, 0.1) is 0 Å². The Morgan fingerprint density at radius 1 is 0.288 bits per heavy atom. The molecule has 4 nitrogen and oxygen atoms in total. The summed E-state index contributed by atoms with van der Waals surface area (Å²) < 4.78 is 13.9. The molecule has 0 atom stereocenters. The Bertz CT molecular complexity index is 3360. The highest BCUT2D eigenvalue weighted by Crippen LogP contribution is 2.42. The molecule has 0 N–H and O–H groups in total. The Morgan fingerprint density at radius 3 is 1.54 bits per heavy atom. The molecule has 0 amide bonds. The van der Waals surface area contributed by atoms with Gasteiger partial charge in [0.1, 0.15) is 5.58 Å². The molecule has 0 spiro atoms. The van der Waals surface area contributed by atoms with Crippen LogP contribution in [0.25, 0.3) is 104 Å². The summed E-state index contributed by atoms with van der Waals surface area (Å²) in [4.78, 5) is 0. The lowest BCUT2D eigenvalue weighted by Crippen LogP contribution is -1.97. The molecule has 0 aliphatic rings. The number of aromatic nitrogens is 3. The standard InChI is InChI=1S/C48H29N3O/c1-2-12-30(13-3-1)49-44-27-23-31(50-41-18-8-4-14-33(41)34-15-5-9-19-42(34)50)28-40(44)36-24-22-32(29-45(36)49)51-43-20-10-6-16-35(43)38-25-26-39-37-17-7-11-21-46(37)52-48(39)47(38)51/h1-29H. The van der Waals surface area contributed by atoms with E-state index in [1.54, 1.807) is 0 Å². The summed E-state index contributed by atoms with van der Waals surface area (Å²) in [6.45, 7) is 0. The SMILES string of the molecule is c1ccc(-n2c3ccc(-n4c5ccccc5c5ccccc54)cc3c3ccc(-n4c5ccccc5c5ccc6c7ccccc7oc6c54)cc32)cc1. The van der Waals surface area contributed by atoms with Crippen molar-refractivity contribution in [3.05, 3.63) is 176 Å². The van der Waals surface area contributed by atoms with E-state index in [0.29, 0.717) is 0 Å². The van der Waals surface area contributed by atoms with Crippen LogP contribution in [0.3, 0.4) is 0 Å². The first-order valence-electron chi connectivity index (χ1n) is 17.8. The van der Waals surface area contributed by atoms with E-state index >= 15 is 0 Å². The number of benzene rings is 8. The summed E-state index contributed by atoms with van der Waals surface area (Å²) in [6, 6.07) is 63.5. The monoisotopic (exact) mass is 663 g/mol. The fourth-order valence-electron chi connectivity index (χ4n) is 8.83. The summed E-state index contributed by atoms with van der Waals surface area (Å²) in [5, 5.41) is 9.60. The second-order valence-electron chi connectivity index (χ2n) is 13.7. The number of nitrogens with zero attached hydrogens (tertiary/aromatic N) is 3. The highest BCUT2D eigenvalue weighted by Gasteiger charge is 2.21. The minimum atomic E-state index is 0.903. The molecule has 0 saturated heterocycles. The van der Waals surface area contributed by atoms with Gasteiger partial charge in [-0.15, -0.1) is 0 Å². The Kier molecular flexibility index (Phi) is 5.47. The highest BCUT2D eigenvalue weighted by atomic mass is 16.3. The second-order valence-corrected chi connectivity index (χ2v) is 13.7. The minimum Gasteiger partial charge on any atom is -0.454 e. The fourth-order valence-corrected chi connectivity index (χ4v) is 8.83. The molecule has 0 bridgehead atoms. The number of rotatable bonds is 3. The van der Waals surface area contributed by atoms with Gasteiger partial charge in [0.2, 0.25) is 0 Å². The van der Waals surface area contributed by atoms with Gasteiger partial charge in [0, 0.05) is 60.2 Å².